The number of hydrogen-bond acceptors (Lipinski definition) is 2. The Labute approximate surface area is 147 Å². The molecular weight excluding hydrogens is 386 g/mol. The third-order valence-corrected chi connectivity index (χ3v) is 7.40. The Morgan fingerprint density at radius 1 is 0.737 bits per heavy atom. The summed E-state index contributed by atoms with van der Waals surface area (Å²) in [5.41, 5.74) is 0. The normalized spacial score (nSPS) is 11.1. The van der Waals surface area contributed by atoms with Gasteiger partial charge in [0, 0.05) is 5.75 Å². The van der Waals surface area contributed by atoms with E-state index in [9.17, 15) is 0 Å². The Morgan fingerprint density at radius 3 is 1.79 bits per heavy atom. The Morgan fingerprint density at radius 2 is 1.26 bits per heavy atom. The van der Waals surface area contributed by atoms with Crippen molar-refractivity contribution in [1.29, 1.82) is 0 Å². The maximum atomic E-state index is 6.14. The summed E-state index contributed by atoms with van der Waals surface area (Å²) in [5.74, 6) is 1.04. The zero-order chi connectivity index (χ0) is 14.4. The average Bonchev–Trinajstić information content (AvgIpc) is 2.41. The van der Waals surface area contributed by atoms with Crippen LogP contribution in [0.15, 0.2) is 4.90 Å². The van der Waals surface area contributed by atoms with Crippen molar-refractivity contribution in [2.24, 2.45) is 0 Å². The van der Waals surface area contributed by atoms with Crippen molar-refractivity contribution in [2.75, 3.05) is 5.75 Å². The summed E-state index contributed by atoms with van der Waals surface area (Å²) in [5, 5.41) is 1.45. The molecule has 0 fully saturated rings. The van der Waals surface area contributed by atoms with Gasteiger partial charge in [-0.3, -0.25) is 0 Å². The Balaban J connectivity index is 2.64. The van der Waals surface area contributed by atoms with Gasteiger partial charge in [-0.25, -0.2) is 0 Å². The van der Waals surface area contributed by atoms with Gasteiger partial charge in [-0.15, -0.1) is 0 Å². The van der Waals surface area contributed by atoms with Gasteiger partial charge in [0.2, 0.25) is 0 Å². The fraction of sp³-hybridized carbons (Fsp3) is 0.500. The monoisotopic (exact) mass is 396 g/mol. The molecule has 0 radical (unpaired) electrons. The highest BCUT2D eigenvalue weighted by molar-refractivity contribution is 8.76. The molecule has 1 rings (SSSR count). The lowest BCUT2D eigenvalue weighted by Gasteiger charge is -2.11. The highest BCUT2D eigenvalue weighted by Gasteiger charge is 2.19. The van der Waals surface area contributed by atoms with E-state index in [1.165, 1.54) is 36.5 Å². The van der Waals surface area contributed by atoms with Crippen LogP contribution in [0.4, 0.5) is 0 Å². The van der Waals surface area contributed by atoms with Crippen LogP contribution in [0.3, 0.4) is 0 Å². The second-order valence-corrected chi connectivity index (χ2v) is 8.18. The molecule has 1 aromatic carbocycles. The van der Waals surface area contributed by atoms with Crippen LogP contribution in [0.2, 0.25) is 25.1 Å². The molecule has 0 heterocycles. The van der Waals surface area contributed by atoms with Crippen molar-refractivity contribution in [3.63, 3.8) is 0 Å². The summed E-state index contributed by atoms with van der Waals surface area (Å²) in [6.07, 6.45) is 4.92. The smallest absolute Gasteiger partial charge is 0.0809 e. The Bertz CT molecular complexity index is 408. The first kappa shape index (κ1) is 18.4. The van der Waals surface area contributed by atoms with Gasteiger partial charge >= 0.3 is 0 Å². The van der Waals surface area contributed by atoms with Crippen LogP contribution in [-0.2, 0) is 0 Å². The fourth-order valence-corrected chi connectivity index (χ4v) is 5.43. The van der Waals surface area contributed by atoms with Crippen LogP contribution >= 0.6 is 79.6 Å². The first-order valence-corrected chi connectivity index (χ1v) is 10.0. The van der Waals surface area contributed by atoms with E-state index in [1.54, 1.807) is 10.8 Å². The van der Waals surface area contributed by atoms with E-state index in [0.29, 0.717) is 14.9 Å². The van der Waals surface area contributed by atoms with Crippen LogP contribution in [0.1, 0.15) is 32.6 Å². The predicted octanol–water partition coefficient (Wildman–Crippen LogP) is 8.27. The number of hydrogen-bond donors (Lipinski definition) is 0. The van der Waals surface area contributed by atoms with E-state index in [0.717, 1.165) is 5.75 Å². The van der Waals surface area contributed by atoms with Gasteiger partial charge in [0.05, 0.1) is 30.0 Å². The highest BCUT2D eigenvalue weighted by Crippen LogP contribution is 2.50. The molecule has 0 saturated carbocycles. The topological polar surface area (TPSA) is 0 Å². The predicted molar refractivity (Wildman–Crippen MR) is 93.9 cm³/mol. The van der Waals surface area contributed by atoms with E-state index < -0.39 is 0 Å². The van der Waals surface area contributed by atoms with Gasteiger partial charge in [-0.05, 0) is 6.42 Å². The summed E-state index contributed by atoms with van der Waals surface area (Å²) in [4.78, 5) is 0.684. The molecule has 0 amide bonds. The van der Waals surface area contributed by atoms with E-state index in [4.69, 9.17) is 58.0 Å². The van der Waals surface area contributed by atoms with E-state index in [2.05, 4.69) is 6.92 Å². The molecule has 0 atom stereocenters. The maximum absolute atomic E-state index is 6.14. The standard InChI is InChI=1S/C12H13Cl5S2/c1-2-3-4-5-6-18-19-12-10(16)8(14)7(13)9(15)11(12)17/h2-6H2,1H3. The van der Waals surface area contributed by atoms with Gasteiger partial charge in [0.15, 0.2) is 0 Å². The molecular formula is C12H13Cl5S2. The van der Waals surface area contributed by atoms with Crippen molar-refractivity contribution in [3.05, 3.63) is 25.1 Å². The minimum absolute atomic E-state index is 0.204. The molecule has 0 bridgehead atoms. The van der Waals surface area contributed by atoms with Crippen LogP contribution in [-0.4, -0.2) is 5.75 Å². The minimum atomic E-state index is 0.204. The van der Waals surface area contributed by atoms with Gasteiger partial charge in [0.1, 0.15) is 0 Å². The van der Waals surface area contributed by atoms with Crippen molar-refractivity contribution < 1.29 is 0 Å². The first-order valence-electron chi connectivity index (χ1n) is 5.81. The molecule has 7 heteroatoms. The van der Waals surface area contributed by atoms with Crippen molar-refractivity contribution in [3.8, 4) is 0 Å². The third kappa shape index (κ3) is 5.25. The summed E-state index contributed by atoms with van der Waals surface area (Å²) in [6, 6.07) is 0. The molecule has 0 unspecified atom stereocenters. The summed E-state index contributed by atoms with van der Waals surface area (Å²) >= 11 is 30.2. The Kier molecular flexibility index (Phi) is 9.11. The molecule has 0 N–H and O–H groups in total. The van der Waals surface area contributed by atoms with Gasteiger partial charge in [-0.1, -0.05) is 106 Å². The lowest BCUT2D eigenvalue weighted by atomic mass is 10.2. The van der Waals surface area contributed by atoms with Crippen LogP contribution in [0.25, 0.3) is 0 Å². The van der Waals surface area contributed by atoms with Gasteiger partial charge in [0.25, 0.3) is 0 Å². The molecule has 0 saturated heterocycles. The van der Waals surface area contributed by atoms with E-state index in [1.807, 2.05) is 0 Å². The van der Waals surface area contributed by atoms with E-state index in [-0.39, 0.29) is 15.1 Å². The molecule has 1 aromatic rings. The van der Waals surface area contributed by atoms with Crippen molar-refractivity contribution in [1.82, 2.24) is 0 Å². The van der Waals surface area contributed by atoms with Crippen LogP contribution < -0.4 is 0 Å². The lowest BCUT2D eigenvalue weighted by Crippen LogP contribution is -1.84. The molecule has 0 aliphatic heterocycles. The second-order valence-electron chi connectivity index (χ2n) is 3.87. The highest BCUT2D eigenvalue weighted by atomic mass is 35.5. The zero-order valence-corrected chi connectivity index (χ0v) is 15.7. The second kappa shape index (κ2) is 9.40. The number of halogens is 5. The summed E-state index contributed by atoms with van der Waals surface area (Å²) in [6.45, 7) is 2.19. The average molecular weight is 399 g/mol. The summed E-state index contributed by atoms with van der Waals surface area (Å²) < 4.78 is 0. The molecule has 0 aromatic heterocycles. The Hall–Kier alpha value is 1.37. The largest absolute Gasteiger partial charge is 0.0888 e. The SMILES string of the molecule is CCCCCCSSc1c(Cl)c(Cl)c(Cl)c(Cl)c1Cl. The molecule has 0 aliphatic rings. The molecule has 108 valence electrons. The van der Waals surface area contributed by atoms with Crippen LogP contribution in [0, 0.1) is 0 Å². The number of benzene rings is 1. The first-order chi connectivity index (χ1) is 9.00. The summed E-state index contributed by atoms with van der Waals surface area (Å²) in [7, 11) is 3.19. The quantitative estimate of drug-likeness (QED) is 0.196. The molecule has 19 heavy (non-hydrogen) atoms. The van der Waals surface area contributed by atoms with Crippen LogP contribution in [0.5, 0.6) is 0 Å². The lowest BCUT2D eigenvalue weighted by molar-refractivity contribution is 0.707. The molecule has 0 spiro atoms. The number of unbranched alkanes of at least 4 members (excludes halogenated alkanes) is 3. The zero-order valence-electron chi connectivity index (χ0n) is 10.2. The van der Waals surface area contributed by atoms with Gasteiger partial charge < -0.3 is 0 Å². The maximum Gasteiger partial charge on any atom is 0.0809 e. The van der Waals surface area contributed by atoms with Crippen molar-refractivity contribution in [2.45, 2.75) is 37.5 Å². The third-order valence-electron chi connectivity index (χ3n) is 2.39. The van der Waals surface area contributed by atoms with E-state index >= 15 is 0 Å². The molecule has 0 nitrogen and oxygen atoms in total. The minimum Gasteiger partial charge on any atom is -0.0888 e. The van der Waals surface area contributed by atoms with Crippen molar-refractivity contribution >= 4 is 79.6 Å². The number of rotatable bonds is 7. The fourth-order valence-electron chi connectivity index (χ4n) is 1.35. The van der Waals surface area contributed by atoms with Gasteiger partial charge in [-0.2, -0.15) is 0 Å². The molecule has 0 aliphatic carbocycles.